The summed E-state index contributed by atoms with van der Waals surface area (Å²) in [5.41, 5.74) is 3.01. The number of amides is 1. The van der Waals surface area contributed by atoms with E-state index in [4.69, 9.17) is 9.47 Å². The van der Waals surface area contributed by atoms with Gasteiger partial charge in [0.2, 0.25) is 6.79 Å². The fourth-order valence-electron chi connectivity index (χ4n) is 2.75. The first-order chi connectivity index (χ1) is 12.6. The number of H-pyrrole nitrogens is 1. The summed E-state index contributed by atoms with van der Waals surface area (Å²) in [5, 5.41) is 9.99. The van der Waals surface area contributed by atoms with E-state index in [9.17, 15) is 4.79 Å². The number of hydrogen-bond donors (Lipinski definition) is 2. The van der Waals surface area contributed by atoms with Crippen LogP contribution in [-0.2, 0) is 0 Å². The molecule has 0 bridgehead atoms. The number of aromatic amines is 1. The topological polar surface area (TPSA) is 76.2 Å². The Morgan fingerprint density at radius 2 is 1.92 bits per heavy atom. The van der Waals surface area contributed by atoms with E-state index in [1.165, 1.54) is 0 Å². The highest BCUT2D eigenvalue weighted by Crippen LogP contribution is 2.34. The average molecular weight is 414 g/mol. The van der Waals surface area contributed by atoms with Crippen molar-refractivity contribution < 1.29 is 14.3 Å². The van der Waals surface area contributed by atoms with Gasteiger partial charge in [0.1, 0.15) is 5.69 Å². The van der Waals surface area contributed by atoms with Crippen LogP contribution in [0.15, 0.2) is 53.0 Å². The number of carbonyl (C=O) groups excluding carboxylic acids is 1. The monoisotopic (exact) mass is 413 g/mol. The number of rotatable bonds is 4. The number of nitrogens with one attached hydrogen (secondary N) is 2. The van der Waals surface area contributed by atoms with E-state index in [-0.39, 0.29) is 18.7 Å². The van der Waals surface area contributed by atoms with Gasteiger partial charge in [-0.05, 0) is 42.8 Å². The van der Waals surface area contributed by atoms with Crippen LogP contribution < -0.4 is 14.8 Å². The summed E-state index contributed by atoms with van der Waals surface area (Å²) in [4.78, 5) is 12.5. The maximum atomic E-state index is 12.5. The molecule has 1 aliphatic heterocycles. The highest BCUT2D eigenvalue weighted by Gasteiger charge is 2.18. The van der Waals surface area contributed by atoms with Gasteiger partial charge >= 0.3 is 0 Å². The Labute approximate surface area is 158 Å². The van der Waals surface area contributed by atoms with Gasteiger partial charge in [-0.2, -0.15) is 5.10 Å². The minimum absolute atomic E-state index is 0.184. The fourth-order valence-corrected chi connectivity index (χ4v) is 3.01. The quantitative estimate of drug-likeness (QED) is 0.675. The Morgan fingerprint density at radius 1 is 1.15 bits per heavy atom. The summed E-state index contributed by atoms with van der Waals surface area (Å²) in [6, 6.07) is 15.0. The minimum Gasteiger partial charge on any atom is -0.454 e. The summed E-state index contributed by atoms with van der Waals surface area (Å²) in [7, 11) is 0. The molecule has 6 nitrogen and oxygen atoms in total. The van der Waals surface area contributed by atoms with E-state index in [0.29, 0.717) is 11.4 Å². The molecule has 0 fully saturated rings. The Bertz CT molecular complexity index is 953. The van der Waals surface area contributed by atoms with Crippen LogP contribution in [0.25, 0.3) is 11.3 Å². The van der Waals surface area contributed by atoms with Gasteiger partial charge in [0.15, 0.2) is 11.5 Å². The summed E-state index contributed by atoms with van der Waals surface area (Å²) in [5.74, 6) is 1.20. The predicted molar refractivity (Wildman–Crippen MR) is 100 cm³/mol. The van der Waals surface area contributed by atoms with Gasteiger partial charge in [-0.1, -0.05) is 34.1 Å². The van der Waals surface area contributed by atoms with Gasteiger partial charge in [-0.3, -0.25) is 9.89 Å². The number of fused-ring (bicyclic) bond motifs is 1. The van der Waals surface area contributed by atoms with Crippen LogP contribution in [0.2, 0.25) is 0 Å². The number of hydrogen-bond acceptors (Lipinski definition) is 4. The first-order valence-corrected chi connectivity index (χ1v) is 8.91. The molecule has 132 valence electrons. The lowest BCUT2D eigenvalue weighted by molar-refractivity contribution is 0.0934. The molecule has 7 heteroatoms. The average Bonchev–Trinajstić information content (AvgIpc) is 3.31. The van der Waals surface area contributed by atoms with Crippen LogP contribution in [0.5, 0.6) is 11.5 Å². The molecule has 0 spiro atoms. The van der Waals surface area contributed by atoms with Gasteiger partial charge < -0.3 is 14.8 Å². The molecule has 4 rings (SSSR count). The third kappa shape index (κ3) is 3.30. The van der Waals surface area contributed by atoms with Gasteiger partial charge in [0, 0.05) is 10.0 Å². The van der Waals surface area contributed by atoms with E-state index in [1.807, 2.05) is 49.4 Å². The zero-order chi connectivity index (χ0) is 18.1. The van der Waals surface area contributed by atoms with E-state index >= 15 is 0 Å². The van der Waals surface area contributed by atoms with Crippen LogP contribution in [0, 0.1) is 0 Å². The standard InChI is InChI=1S/C19H16BrN3O3/c1-11(13-4-7-17-18(8-13)26-10-25-17)21-19(24)16-9-15(22-23-16)12-2-5-14(20)6-3-12/h2-9,11H,10H2,1H3,(H,21,24)(H,22,23). The smallest absolute Gasteiger partial charge is 0.269 e. The predicted octanol–water partition coefficient (Wildman–Crippen LogP) is 4.06. The van der Waals surface area contributed by atoms with Crippen molar-refractivity contribution in [3.63, 3.8) is 0 Å². The maximum Gasteiger partial charge on any atom is 0.269 e. The Morgan fingerprint density at radius 3 is 2.73 bits per heavy atom. The highest BCUT2D eigenvalue weighted by atomic mass is 79.9. The number of benzene rings is 2. The molecule has 0 saturated carbocycles. The molecule has 1 aliphatic rings. The molecule has 3 aromatic rings. The molecular formula is C19H16BrN3O3. The first-order valence-electron chi connectivity index (χ1n) is 8.12. The van der Waals surface area contributed by atoms with E-state index in [2.05, 4.69) is 31.4 Å². The Balaban J connectivity index is 1.47. The van der Waals surface area contributed by atoms with Crippen molar-refractivity contribution in [2.75, 3.05) is 6.79 Å². The second kappa shape index (κ2) is 6.84. The van der Waals surface area contributed by atoms with Crippen LogP contribution in [0.3, 0.4) is 0 Å². The summed E-state index contributed by atoms with van der Waals surface area (Å²) < 4.78 is 11.7. The van der Waals surface area contributed by atoms with Crippen LogP contribution in [0.1, 0.15) is 29.0 Å². The Kier molecular flexibility index (Phi) is 4.38. The largest absolute Gasteiger partial charge is 0.454 e. The third-order valence-electron chi connectivity index (χ3n) is 4.21. The van der Waals surface area contributed by atoms with Gasteiger partial charge in [-0.15, -0.1) is 0 Å². The normalized spacial score (nSPS) is 13.5. The zero-order valence-corrected chi connectivity index (χ0v) is 15.5. The lowest BCUT2D eigenvalue weighted by Gasteiger charge is -2.14. The van der Waals surface area contributed by atoms with Gasteiger partial charge in [0.25, 0.3) is 5.91 Å². The van der Waals surface area contributed by atoms with Crippen molar-refractivity contribution >= 4 is 21.8 Å². The SMILES string of the molecule is CC(NC(=O)c1cc(-c2ccc(Br)cc2)n[nH]1)c1ccc2c(c1)OCO2. The van der Waals surface area contributed by atoms with E-state index in [1.54, 1.807) is 6.07 Å². The lowest BCUT2D eigenvalue weighted by atomic mass is 10.1. The fraction of sp³-hybridized carbons (Fsp3) is 0.158. The minimum atomic E-state index is -0.217. The molecule has 2 aromatic carbocycles. The first kappa shape index (κ1) is 16.7. The summed E-state index contributed by atoms with van der Waals surface area (Å²) >= 11 is 3.41. The van der Waals surface area contributed by atoms with Crippen molar-refractivity contribution in [3.05, 3.63) is 64.3 Å². The number of aromatic nitrogens is 2. The second-order valence-corrected chi connectivity index (χ2v) is 6.90. The van der Waals surface area contributed by atoms with Crippen molar-refractivity contribution in [3.8, 4) is 22.8 Å². The lowest BCUT2D eigenvalue weighted by Crippen LogP contribution is -2.26. The summed E-state index contributed by atoms with van der Waals surface area (Å²) in [6.45, 7) is 2.15. The molecular weight excluding hydrogens is 398 g/mol. The molecule has 1 unspecified atom stereocenters. The molecule has 1 atom stereocenters. The van der Waals surface area contributed by atoms with Crippen molar-refractivity contribution in [2.24, 2.45) is 0 Å². The molecule has 1 amide bonds. The number of ether oxygens (including phenoxy) is 2. The van der Waals surface area contributed by atoms with E-state index < -0.39 is 0 Å². The molecule has 26 heavy (non-hydrogen) atoms. The van der Waals surface area contributed by atoms with Crippen LogP contribution in [-0.4, -0.2) is 22.9 Å². The van der Waals surface area contributed by atoms with Crippen LogP contribution in [0.4, 0.5) is 0 Å². The molecule has 0 aliphatic carbocycles. The highest BCUT2D eigenvalue weighted by molar-refractivity contribution is 9.10. The third-order valence-corrected chi connectivity index (χ3v) is 4.74. The van der Waals surface area contributed by atoms with Crippen molar-refractivity contribution in [1.82, 2.24) is 15.5 Å². The molecule has 2 heterocycles. The van der Waals surface area contributed by atoms with Crippen LogP contribution >= 0.6 is 15.9 Å². The van der Waals surface area contributed by atoms with E-state index in [0.717, 1.165) is 27.0 Å². The molecule has 2 N–H and O–H groups in total. The maximum absolute atomic E-state index is 12.5. The number of nitrogens with zero attached hydrogens (tertiary/aromatic N) is 1. The van der Waals surface area contributed by atoms with Crippen molar-refractivity contribution in [2.45, 2.75) is 13.0 Å². The van der Waals surface area contributed by atoms with Gasteiger partial charge in [-0.25, -0.2) is 0 Å². The molecule has 1 aromatic heterocycles. The molecule has 0 radical (unpaired) electrons. The Hall–Kier alpha value is -2.80. The second-order valence-electron chi connectivity index (χ2n) is 5.98. The zero-order valence-electron chi connectivity index (χ0n) is 14.0. The number of halogens is 1. The van der Waals surface area contributed by atoms with Crippen molar-refractivity contribution in [1.29, 1.82) is 0 Å². The number of carbonyl (C=O) groups is 1. The van der Waals surface area contributed by atoms with Gasteiger partial charge in [0.05, 0.1) is 11.7 Å². The summed E-state index contributed by atoms with van der Waals surface area (Å²) in [6.07, 6.45) is 0. The molecule has 0 saturated heterocycles.